The number of anilines is 1. The Labute approximate surface area is 166 Å². The highest BCUT2D eigenvalue weighted by atomic mass is 32.1. The minimum absolute atomic E-state index is 0.0571. The molecular weight excluding hydrogens is 378 g/mol. The molecule has 5 nitrogen and oxygen atoms in total. The topological polar surface area (TPSA) is 71.1 Å². The summed E-state index contributed by atoms with van der Waals surface area (Å²) in [6.07, 6.45) is 1.11. The number of hydrogen-bond acceptors (Lipinski definition) is 5. The zero-order valence-electron chi connectivity index (χ0n) is 15.6. The Morgan fingerprint density at radius 3 is 2.70 bits per heavy atom. The number of hydrogen-bond donors (Lipinski definition) is 2. The third kappa shape index (κ3) is 5.14. The summed E-state index contributed by atoms with van der Waals surface area (Å²) in [7, 11) is 0. The van der Waals surface area contributed by atoms with E-state index in [4.69, 9.17) is 0 Å². The number of aryl methyl sites for hydroxylation is 1. The van der Waals surface area contributed by atoms with Crippen molar-refractivity contribution in [3.63, 3.8) is 0 Å². The monoisotopic (exact) mass is 401 g/mol. The van der Waals surface area contributed by atoms with Gasteiger partial charge in [-0.05, 0) is 41.5 Å². The van der Waals surface area contributed by atoms with Gasteiger partial charge in [-0.2, -0.15) is 0 Å². The molecule has 0 unspecified atom stereocenters. The van der Waals surface area contributed by atoms with Crippen LogP contribution in [0.15, 0.2) is 35.7 Å². The van der Waals surface area contributed by atoms with E-state index in [0.29, 0.717) is 23.9 Å². The van der Waals surface area contributed by atoms with Gasteiger partial charge in [0.15, 0.2) is 5.13 Å². The lowest BCUT2D eigenvalue weighted by molar-refractivity contribution is -0.122. The third-order valence-corrected chi connectivity index (χ3v) is 6.10. The van der Waals surface area contributed by atoms with Gasteiger partial charge in [0.05, 0.1) is 16.3 Å². The van der Waals surface area contributed by atoms with Crippen LogP contribution < -0.4 is 10.6 Å². The number of thiophene rings is 1. The highest BCUT2D eigenvalue weighted by Gasteiger charge is 2.19. The van der Waals surface area contributed by atoms with Gasteiger partial charge in [-0.3, -0.25) is 9.59 Å². The first-order valence-electron chi connectivity index (χ1n) is 8.92. The number of rotatable bonds is 7. The summed E-state index contributed by atoms with van der Waals surface area (Å²) in [5.41, 5.74) is 1.95. The minimum Gasteiger partial charge on any atom is -0.348 e. The smallest absolute Gasteiger partial charge is 0.223 e. The normalized spacial score (nSPS) is 12.3. The van der Waals surface area contributed by atoms with Crippen LogP contribution in [0.4, 0.5) is 5.13 Å². The van der Waals surface area contributed by atoms with Gasteiger partial charge in [0.25, 0.3) is 0 Å². The van der Waals surface area contributed by atoms with Gasteiger partial charge in [0, 0.05) is 18.2 Å². The summed E-state index contributed by atoms with van der Waals surface area (Å²) < 4.78 is 1.01. The molecule has 2 heterocycles. The summed E-state index contributed by atoms with van der Waals surface area (Å²) in [6.45, 7) is 5.71. The molecule has 2 aromatic heterocycles. The zero-order chi connectivity index (χ0) is 19.4. The average Bonchev–Trinajstić information content (AvgIpc) is 3.25. The number of aromatic nitrogens is 1. The highest BCUT2D eigenvalue weighted by molar-refractivity contribution is 7.22. The van der Waals surface area contributed by atoms with Crippen molar-refractivity contribution in [2.24, 2.45) is 5.92 Å². The standard InChI is InChI=1S/C20H23N3O2S2/c1-12(2)19(16-5-4-10-26-16)23-18(25)9-7-14-6-8-15-17(11-14)27-20(22-15)21-13(3)24/h4-6,8,10-12,19H,7,9H2,1-3H3,(H,23,25)(H,21,22,24)/t19-/m1/s1. The predicted octanol–water partition coefficient (Wildman–Crippen LogP) is 4.76. The Kier molecular flexibility index (Phi) is 6.23. The fourth-order valence-electron chi connectivity index (χ4n) is 2.87. The van der Waals surface area contributed by atoms with Crippen molar-refractivity contribution >= 4 is 49.8 Å². The van der Waals surface area contributed by atoms with Crippen molar-refractivity contribution in [3.8, 4) is 0 Å². The van der Waals surface area contributed by atoms with Crippen LogP contribution in [0.25, 0.3) is 10.2 Å². The van der Waals surface area contributed by atoms with Gasteiger partial charge in [-0.25, -0.2) is 4.98 Å². The molecule has 0 aliphatic rings. The van der Waals surface area contributed by atoms with Gasteiger partial charge >= 0.3 is 0 Å². The molecule has 1 aromatic carbocycles. The van der Waals surface area contributed by atoms with Gasteiger partial charge in [-0.15, -0.1) is 11.3 Å². The summed E-state index contributed by atoms with van der Waals surface area (Å²) in [5.74, 6) is 0.273. The molecule has 0 bridgehead atoms. The molecule has 0 radical (unpaired) electrons. The first-order chi connectivity index (χ1) is 12.9. The Balaban J connectivity index is 1.61. The van der Waals surface area contributed by atoms with Crippen LogP contribution in [-0.4, -0.2) is 16.8 Å². The molecule has 7 heteroatoms. The van der Waals surface area contributed by atoms with Crippen molar-refractivity contribution in [2.75, 3.05) is 5.32 Å². The number of benzene rings is 1. The average molecular weight is 402 g/mol. The molecule has 142 valence electrons. The Bertz CT molecular complexity index is 932. The van der Waals surface area contributed by atoms with Crippen LogP contribution in [0, 0.1) is 5.92 Å². The summed E-state index contributed by atoms with van der Waals surface area (Å²) >= 11 is 3.12. The molecule has 0 saturated heterocycles. The molecule has 0 fully saturated rings. The van der Waals surface area contributed by atoms with Crippen molar-refractivity contribution in [2.45, 2.75) is 39.7 Å². The Morgan fingerprint density at radius 1 is 1.22 bits per heavy atom. The van der Waals surface area contributed by atoms with Crippen LogP contribution in [0.1, 0.15) is 43.7 Å². The second-order valence-corrected chi connectivity index (χ2v) is 8.82. The largest absolute Gasteiger partial charge is 0.348 e. The van der Waals surface area contributed by atoms with E-state index in [-0.39, 0.29) is 17.9 Å². The fraction of sp³-hybridized carbons (Fsp3) is 0.350. The highest BCUT2D eigenvalue weighted by Crippen LogP contribution is 2.28. The molecule has 2 amide bonds. The molecule has 0 aliphatic heterocycles. The molecule has 0 saturated carbocycles. The number of amides is 2. The third-order valence-electron chi connectivity index (χ3n) is 4.21. The summed E-state index contributed by atoms with van der Waals surface area (Å²) in [4.78, 5) is 29.2. The number of nitrogens with one attached hydrogen (secondary N) is 2. The van der Waals surface area contributed by atoms with Crippen LogP contribution >= 0.6 is 22.7 Å². The van der Waals surface area contributed by atoms with E-state index in [0.717, 1.165) is 15.8 Å². The lowest BCUT2D eigenvalue weighted by atomic mass is 10.0. The predicted molar refractivity (Wildman–Crippen MR) is 112 cm³/mol. The maximum Gasteiger partial charge on any atom is 0.223 e. The number of carbonyl (C=O) groups is 2. The SMILES string of the molecule is CC(=O)Nc1nc2ccc(CCC(=O)N[C@@H](c3cccs3)C(C)C)cc2s1. The Morgan fingerprint density at radius 2 is 2.04 bits per heavy atom. The van der Waals surface area contributed by atoms with Gasteiger partial charge in [0.2, 0.25) is 11.8 Å². The molecule has 1 atom stereocenters. The molecule has 3 aromatic rings. The lowest BCUT2D eigenvalue weighted by Crippen LogP contribution is -2.31. The molecule has 0 spiro atoms. The van der Waals surface area contributed by atoms with E-state index in [1.54, 1.807) is 11.3 Å². The van der Waals surface area contributed by atoms with E-state index >= 15 is 0 Å². The van der Waals surface area contributed by atoms with Crippen LogP contribution in [-0.2, 0) is 16.0 Å². The van der Waals surface area contributed by atoms with E-state index in [9.17, 15) is 9.59 Å². The van der Waals surface area contributed by atoms with Crippen molar-refractivity contribution < 1.29 is 9.59 Å². The fourth-order valence-corrected chi connectivity index (χ4v) is 4.79. The van der Waals surface area contributed by atoms with Crippen molar-refractivity contribution in [1.29, 1.82) is 0 Å². The zero-order valence-corrected chi connectivity index (χ0v) is 17.2. The van der Waals surface area contributed by atoms with Crippen molar-refractivity contribution in [1.82, 2.24) is 10.3 Å². The Hall–Kier alpha value is -2.25. The van der Waals surface area contributed by atoms with Gasteiger partial charge in [0.1, 0.15) is 0 Å². The van der Waals surface area contributed by atoms with E-state index in [1.807, 2.05) is 29.6 Å². The quantitative estimate of drug-likeness (QED) is 0.599. The molecule has 27 heavy (non-hydrogen) atoms. The van der Waals surface area contributed by atoms with Crippen LogP contribution in [0.2, 0.25) is 0 Å². The second kappa shape index (κ2) is 8.63. The maximum absolute atomic E-state index is 12.5. The first-order valence-corrected chi connectivity index (χ1v) is 10.6. The first kappa shape index (κ1) is 19.5. The molecule has 2 N–H and O–H groups in total. The van der Waals surface area contributed by atoms with Crippen molar-refractivity contribution in [3.05, 3.63) is 46.2 Å². The van der Waals surface area contributed by atoms with Gasteiger partial charge < -0.3 is 10.6 Å². The number of nitrogens with zero attached hydrogens (tertiary/aromatic N) is 1. The molecule has 3 rings (SSSR count). The second-order valence-electron chi connectivity index (χ2n) is 6.81. The minimum atomic E-state index is -0.128. The number of carbonyl (C=O) groups excluding carboxylic acids is 2. The summed E-state index contributed by atoms with van der Waals surface area (Å²) in [6, 6.07) is 10.1. The number of fused-ring (bicyclic) bond motifs is 1. The summed E-state index contributed by atoms with van der Waals surface area (Å²) in [5, 5.41) is 8.52. The van der Waals surface area contributed by atoms with Gasteiger partial charge in [-0.1, -0.05) is 37.3 Å². The van der Waals surface area contributed by atoms with E-state index in [1.165, 1.54) is 23.1 Å². The lowest BCUT2D eigenvalue weighted by Gasteiger charge is -2.21. The van der Waals surface area contributed by atoms with E-state index < -0.39 is 0 Å². The van der Waals surface area contributed by atoms with E-state index in [2.05, 4.69) is 35.5 Å². The maximum atomic E-state index is 12.5. The molecule has 0 aliphatic carbocycles. The van der Waals surface area contributed by atoms with Crippen LogP contribution in [0.5, 0.6) is 0 Å². The van der Waals surface area contributed by atoms with Crippen LogP contribution in [0.3, 0.4) is 0 Å². The number of thiazole rings is 1. The molecular formula is C20H23N3O2S2.